The predicted molar refractivity (Wildman–Crippen MR) is 88.2 cm³/mol. The fourth-order valence-electron chi connectivity index (χ4n) is 1.94. The number of hydrogen-bond acceptors (Lipinski definition) is 4. The molecule has 0 unspecified atom stereocenters. The molecular weight excluding hydrogens is 313 g/mol. The molecule has 0 atom stereocenters. The van der Waals surface area contributed by atoms with Gasteiger partial charge in [0.1, 0.15) is 30.6 Å². The first-order chi connectivity index (χ1) is 11.6. The summed E-state index contributed by atoms with van der Waals surface area (Å²) < 4.78 is 19.3. The Morgan fingerprint density at radius 1 is 1.46 bits per heavy atom. The van der Waals surface area contributed by atoms with Gasteiger partial charge in [0.2, 0.25) is 12.3 Å². The summed E-state index contributed by atoms with van der Waals surface area (Å²) in [5.74, 6) is 5.73. The van der Waals surface area contributed by atoms with Gasteiger partial charge in [-0.1, -0.05) is 11.8 Å². The van der Waals surface area contributed by atoms with E-state index in [1.54, 1.807) is 12.1 Å². The van der Waals surface area contributed by atoms with Crippen molar-refractivity contribution >= 4 is 23.8 Å². The summed E-state index contributed by atoms with van der Waals surface area (Å²) in [5.41, 5.74) is 0.874. The lowest BCUT2D eigenvalue weighted by molar-refractivity contribution is -0.117. The molecule has 1 heterocycles. The smallest absolute Gasteiger partial charge is 0.222 e. The van der Waals surface area contributed by atoms with Gasteiger partial charge in [0, 0.05) is 19.4 Å². The van der Waals surface area contributed by atoms with E-state index >= 15 is 0 Å². The van der Waals surface area contributed by atoms with Crippen LogP contribution in [0.3, 0.4) is 0 Å². The Morgan fingerprint density at radius 2 is 2.29 bits per heavy atom. The standard InChI is InChI=1S/C17H16FN3O3/c1-12(23)21-17-8-13(4-2-3-7-19-17)10-24-14-5-6-16(20-11-22)15(18)9-14/h5-6,8-9,11H,4,7,10H2,1H3,(H,20,22)(H,19,21,23). The monoisotopic (exact) mass is 329 g/mol. The number of ether oxygens (including phenoxy) is 1. The number of benzene rings is 1. The molecule has 0 radical (unpaired) electrons. The number of halogens is 1. The van der Waals surface area contributed by atoms with Crippen molar-refractivity contribution in [2.24, 2.45) is 4.99 Å². The number of nitrogens with zero attached hydrogens (tertiary/aromatic N) is 1. The molecule has 2 rings (SSSR count). The molecule has 7 heteroatoms. The van der Waals surface area contributed by atoms with Crippen LogP contribution in [0.15, 0.2) is 34.8 Å². The van der Waals surface area contributed by atoms with Gasteiger partial charge in [0.25, 0.3) is 0 Å². The largest absolute Gasteiger partial charge is 0.489 e. The zero-order valence-corrected chi connectivity index (χ0v) is 13.1. The Balaban J connectivity index is 2.06. The number of rotatable bonds is 5. The van der Waals surface area contributed by atoms with Crippen molar-refractivity contribution in [1.82, 2.24) is 5.32 Å². The average Bonchev–Trinajstić information content (AvgIpc) is 2.51. The number of amidine groups is 1. The highest BCUT2D eigenvalue weighted by molar-refractivity contribution is 6.04. The van der Waals surface area contributed by atoms with E-state index in [0.717, 1.165) is 5.57 Å². The van der Waals surface area contributed by atoms with Crippen LogP contribution in [0.25, 0.3) is 0 Å². The van der Waals surface area contributed by atoms with Crippen LogP contribution in [-0.4, -0.2) is 31.3 Å². The molecule has 0 spiro atoms. The zero-order valence-electron chi connectivity index (χ0n) is 13.1. The molecule has 124 valence electrons. The Kier molecular flexibility index (Phi) is 6.08. The fraction of sp³-hybridized carbons (Fsp3) is 0.235. The van der Waals surface area contributed by atoms with Crippen LogP contribution in [0.1, 0.15) is 13.3 Å². The Bertz CT molecular complexity index is 760. The maximum atomic E-state index is 13.7. The molecule has 2 amide bonds. The maximum Gasteiger partial charge on any atom is 0.222 e. The molecular formula is C17H16FN3O3. The molecule has 1 aromatic rings. The average molecular weight is 329 g/mol. The molecule has 0 aromatic heterocycles. The third kappa shape index (κ3) is 5.25. The van der Waals surface area contributed by atoms with Crippen molar-refractivity contribution in [2.75, 3.05) is 18.5 Å². The number of nitrogens with one attached hydrogen (secondary N) is 2. The second kappa shape index (κ2) is 8.48. The van der Waals surface area contributed by atoms with Crippen LogP contribution in [0.5, 0.6) is 5.75 Å². The van der Waals surface area contributed by atoms with E-state index in [1.807, 2.05) is 0 Å². The van der Waals surface area contributed by atoms with Gasteiger partial charge < -0.3 is 15.4 Å². The third-order valence-electron chi connectivity index (χ3n) is 2.99. The van der Waals surface area contributed by atoms with Gasteiger partial charge in [0.15, 0.2) is 0 Å². The number of carbonyl (C=O) groups excluding carboxylic acids is 2. The minimum absolute atomic E-state index is 0.0773. The summed E-state index contributed by atoms with van der Waals surface area (Å²) in [5, 5.41) is 4.87. The SMILES string of the molecule is CC(=O)NC1=NCC#CCC(COc2ccc(NC=O)c(F)c2)=C1. The van der Waals surface area contributed by atoms with Gasteiger partial charge in [-0.15, -0.1) is 0 Å². The first-order valence-corrected chi connectivity index (χ1v) is 7.18. The van der Waals surface area contributed by atoms with Crippen LogP contribution >= 0.6 is 0 Å². The predicted octanol–water partition coefficient (Wildman–Crippen LogP) is 1.64. The van der Waals surface area contributed by atoms with Crippen LogP contribution in [0, 0.1) is 17.7 Å². The molecule has 0 saturated carbocycles. The molecule has 0 fully saturated rings. The Morgan fingerprint density at radius 3 is 3.00 bits per heavy atom. The minimum Gasteiger partial charge on any atom is -0.489 e. The van der Waals surface area contributed by atoms with E-state index in [2.05, 4.69) is 27.5 Å². The number of amides is 2. The van der Waals surface area contributed by atoms with E-state index < -0.39 is 5.82 Å². The van der Waals surface area contributed by atoms with Crippen LogP contribution in [0.2, 0.25) is 0 Å². The van der Waals surface area contributed by atoms with E-state index in [9.17, 15) is 14.0 Å². The molecule has 1 aromatic carbocycles. The van der Waals surface area contributed by atoms with Crippen molar-refractivity contribution < 1.29 is 18.7 Å². The first-order valence-electron chi connectivity index (χ1n) is 7.18. The van der Waals surface area contributed by atoms with E-state index in [0.29, 0.717) is 31.0 Å². The molecule has 24 heavy (non-hydrogen) atoms. The number of anilines is 1. The fourth-order valence-corrected chi connectivity index (χ4v) is 1.94. The number of aliphatic imine (C=N–C) groups is 1. The van der Waals surface area contributed by atoms with Gasteiger partial charge in [0.05, 0.1) is 5.69 Å². The summed E-state index contributed by atoms with van der Waals surface area (Å²) in [7, 11) is 0. The van der Waals surface area contributed by atoms with E-state index in [1.165, 1.54) is 19.1 Å². The topological polar surface area (TPSA) is 79.8 Å². The lowest BCUT2D eigenvalue weighted by Gasteiger charge is -2.11. The second-order valence-electron chi connectivity index (χ2n) is 4.91. The van der Waals surface area contributed by atoms with Crippen molar-refractivity contribution in [3.8, 4) is 17.6 Å². The van der Waals surface area contributed by atoms with Gasteiger partial charge in [-0.05, 0) is 23.8 Å². The normalized spacial score (nSPS) is 13.2. The van der Waals surface area contributed by atoms with Crippen molar-refractivity contribution in [3.63, 3.8) is 0 Å². The molecule has 1 aliphatic heterocycles. The van der Waals surface area contributed by atoms with Crippen LogP contribution < -0.4 is 15.4 Å². The molecule has 1 aliphatic rings. The molecule has 0 saturated heterocycles. The Hall–Kier alpha value is -3.14. The quantitative estimate of drug-likeness (QED) is 0.637. The third-order valence-corrected chi connectivity index (χ3v) is 2.99. The van der Waals surface area contributed by atoms with Crippen molar-refractivity contribution in [1.29, 1.82) is 0 Å². The zero-order chi connectivity index (χ0) is 17.4. The minimum atomic E-state index is -0.591. The van der Waals surface area contributed by atoms with Crippen LogP contribution in [0.4, 0.5) is 10.1 Å². The number of hydrogen-bond donors (Lipinski definition) is 2. The maximum absolute atomic E-state index is 13.7. The summed E-state index contributed by atoms with van der Waals surface area (Å²) in [6.07, 6.45) is 2.57. The summed E-state index contributed by atoms with van der Waals surface area (Å²) in [6.45, 7) is 1.89. The molecule has 6 nitrogen and oxygen atoms in total. The summed E-state index contributed by atoms with van der Waals surface area (Å²) in [4.78, 5) is 25.7. The Labute approximate surface area is 138 Å². The lowest BCUT2D eigenvalue weighted by atomic mass is 10.1. The highest BCUT2D eigenvalue weighted by Crippen LogP contribution is 2.21. The van der Waals surface area contributed by atoms with E-state index in [-0.39, 0.29) is 18.2 Å². The van der Waals surface area contributed by atoms with Crippen molar-refractivity contribution in [3.05, 3.63) is 35.7 Å². The summed E-state index contributed by atoms with van der Waals surface area (Å²) >= 11 is 0. The molecule has 2 N–H and O–H groups in total. The molecule has 0 bridgehead atoms. The first kappa shape index (κ1) is 17.2. The van der Waals surface area contributed by atoms with Gasteiger partial charge in [-0.2, -0.15) is 0 Å². The summed E-state index contributed by atoms with van der Waals surface area (Å²) in [6, 6.07) is 4.15. The lowest BCUT2D eigenvalue weighted by Crippen LogP contribution is -2.27. The van der Waals surface area contributed by atoms with Gasteiger partial charge >= 0.3 is 0 Å². The highest BCUT2D eigenvalue weighted by atomic mass is 19.1. The van der Waals surface area contributed by atoms with Crippen LogP contribution in [-0.2, 0) is 9.59 Å². The highest BCUT2D eigenvalue weighted by Gasteiger charge is 2.07. The van der Waals surface area contributed by atoms with E-state index in [4.69, 9.17) is 4.74 Å². The second-order valence-corrected chi connectivity index (χ2v) is 4.91. The van der Waals surface area contributed by atoms with Gasteiger partial charge in [-0.25, -0.2) is 4.39 Å². The number of carbonyl (C=O) groups is 2. The van der Waals surface area contributed by atoms with Crippen molar-refractivity contribution in [2.45, 2.75) is 13.3 Å². The molecule has 0 aliphatic carbocycles. The van der Waals surface area contributed by atoms with Gasteiger partial charge in [-0.3, -0.25) is 14.6 Å².